The molecule has 0 radical (unpaired) electrons. The van der Waals surface area contributed by atoms with Crippen molar-refractivity contribution in [2.45, 2.75) is 37.0 Å². The highest BCUT2D eigenvalue weighted by atomic mass is 127. The highest BCUT2D eigenvalue weighted by Crippen LogP contribution is 2.23. The first-order valence-electron chi connectivity index (χ1n) is 5.87. The van der Waals surface area contributed by atoms with Gasteiger partial charge in [0.2, 0.25) is 0 Å². The maximum Gasteiger partial charge on any atom is 0.119 e. The molecule has 0 spiro atoms. The summed E-state index contributed by atoms with van der Waals surface area (Å²) in [6.45, 7) is 7.41. The number of halogens is 2. The molecule has 0 amide bonds. The van der Waals surface area contributed by atoms with Crippen molar-refractivity contribution in [3.05, 3.63) is 29.8 Å². The Kier molecular flexibility index (Phi) is 6.07. The van der Waals surface area contributed by atoms with Crippen LogP contribution in [0.5, 0.6) is 5.75 Å². The van der Waals surface area contributed by atoms with Crippen LogP contribution in [0.25, 0.3) is 0 Å². The van der Waals surface area contributed by atoms with Crippen LogP contribution >= 0.6 is 34.2 Å². The summed E-state index contributed by atoms with van der Waals surface area (Å²) in [4.78, 5) is 0. The first kappa shape index (κ1) is 15.1. The van der Waals surface area contributed by atoms with E-state index in [9.17, 15) is 0 Å². The zero-order valence-corrected chi connectivity index (χ0v) is 13.6. The topological polar surface area (TPSA) is 9.23 Å². The van der Waals surface area contributed by atoms with E-state index in [0.29, 0.717) is 12.0 Å². The van der Waals surface area contributed by atoms with Crippen molar-refractivity contribution < 1.29 is 4.74 Å². The molecule has 1 atom stereocenters. The number of hydrogen-bond acceptors (Lipinski definition) is 1. The minimum Gasteiger partial charge on any atom is -0.494 e. The van der Waals surface area contributed by atoms with Gasteiger partial charge in [0.25, 0.3) is 0 Å². The van der Waals surface area contributed by atoms with Crippen LogP contribution in [0.1, 0.15) is 32.8 Å². The average molecular weight is 367 g/mol. The lowest BCUT2D eigenvalue weighted by Gasteiger charge is -2.18. The van der Waals surface area contributed by atoms with Crippen molar-refractivity contribution in [1.29, 1.82) is 0 Å². The van der Waals surface area contributed by atoms with E-state index >= 15 is 0 Å². The van der Waals surface area contributed by atoms with Gasteiger partial charge in [0.1, 0.15) is 5.75 Å². The highest BCUT2D eigenvalue weighted by Gasteiger charge is 2.11. The monoisotopic (exact) mass is 366 g/mol. The molecule has 0 aliphatic rings. The first-order valence-corrected chi connectivity index (χ1v) is 7.55. The fraction of sp³-hybridized carbons (Fsp3) is 0.571. The number of rotatable bonds is 5. The van der Waals surface area contributed by atoms with Crippen LogP contribution in [0, 0.1) is 5.41 Å². The Bertz CT molecular complexity index is 344. The largest absolute Gasteiger partial charge is 0.494 e. The van der Waals surface area contributed by atoms with Gasteiger partial charge in [0.05, 0.1) is 9.99 Å². The Morgan fingerprint density at radius 3 is 2.65 bits per heavy atom. The molecule has 1 unspecified atom stereocenters. The summed E-state index contributed by atoms with van der Waals surface area (Å²) in [5, 5.41) is 0. The summed E-state index contributed by atoms with van der Waals surface area (Å²) in [6.07, 6.45) is 1.93. The molecule has 0 saturated heterocycles. The zero-order valence-electron chi connectivity index (χ0n) is 10.7. The van der Waals surface area contributed by atoms with E-state index in [1.54, 1.807) is 0 Å². The number of benzene rings is 1. The quantitative estimate of drug-likeness (QED) is 0.524. The third-order valence-corrected chi connectivity index (χ3v) is 3.08. The minimum atomic E-state index is 0.144. The van der Waals surface area contributed by atoms with E-state index in [0.717, 1.165) is 18.6 Å². The summed E-state index contributed by atoms with van der Waals surface area (Å²) in [5.41, 5.74) is 1.63. The fourth-order valence-electron chi connectivity index (χ4n) is 1.62. The van der Waals surface area contributed by atoms with E-state index in [-0.39, 0.29) is 3.38 Å². The summed E-state index contributed by atoms with van der Waals surface area (Å²) in [5.74, 6) is 0.945. The maximum absolute atomic E-state index is 5.87. The van der Waals surface area contributed by atoms with Crippen LogP contribution < -0.4 is 4.74 Å². The van der Waals surface area contributed by atoms with Crippen molar-refractivity contribution in [2.24, 2.45) is 5.41 Å². The Morgan fingerprint density at radius 2 is 2.06 bits per heavy atom. The van der Waals surface area contributed by atoms with Crippen molar-refractivity contribution in [1.82, 2.24) is 0 Å². The Morgan fingerprint density at radius 1 is 1.35 bits per heavy atom. The van der Waals surface area contributed by atoms with Crippen LogP contribution in [-0.2, 0) is 6.42 Å². The van der Waals surface area contributed by atoms with Gasteiger partial charge in [0, 0.05) is 6.42 Å². The van der Waals surface area contributed by atoms with Gasteiger partial charge in [-0.2, -0.15) is 0 Å². The van der Waals surface area contributed by atoms with E-state index in [1.807, 2.05) is 6.07 Å². The van der Waals surface area contributed by atoms with Crippen molar-refractivity contribution >= 4 is 34.2 Å². The third kappa shape index (κ3) is 7.14. The Hall–Kier alpha value is 0.0400. The van der Waals surface area contributed by atoms with Gasteiger partial charge in [-0.05, 0) is 29.5 Å². The molecule has 0 aliphatic carbocycles. The van der Waals surface area contributed by atoms with E-state index in [2.05, 4.69) is 61.6 Å². The lowest BCUT2D eigenvalue weighted by Crippen LogP contribution is -2.09. The SMILES string of the molecule is CC(C)(C)Cc1cccc(OCCC(Cl)I)c1. The van der Waals surface area contributed by atoms with Gasteiger partial charge in [-0.25, -0.2) is 0 Å². The second-order valence-electron chi connectivity index (χ2n) is 5.41. The normalized spacial score (nSPS) is 13.5. The van der Waals surface area contributed by atoms with Crippen LogP contribution in [0.15, 0.2) is 24.3 Å². The Labute approximate surface area is 123 Å². The predicted molar refractivity (Wildman–Crippen MR) is 83.4 cm³/mol. The molecule has 1 aromatic rings. The molecule has 1 nitrogen and oxygen atoms in total. The van der Waals surface area contributed by atoms with Crippen molar-refractivity contribution in [2.75, 3.05) is 6.61 Å². The van der Waals surface area contributed by atoms with Gasteiger partial charge in [-0.3, -0.25) is 0 Å². The molecule has 0 aliphatic heterocycles. The standard InChI is InChI=1S/C14H20ClIO/c1-14(2,3)10-11-5-4-6-12(9-11)17-8-7-13(15)16/h4-6,9,13H,7-8,10H2,1-3H3. The maximum atomic E-state index is 5.87. The number of alkyl halides is 2. The van der Waals surface area contributed by atoms with Gasteiger partial charge >= 0.3 is 0 Å². The zero-order chi connectivity index (χ0) is 12.9. The molecular formula is C14H20ClIO. The molecule has 1 rings (SSSR count). The molecule has 17 heavy (non-hydrogen) atoms. The predicted octanol–water partition coefficient (Wildman–Crippen LogP) is 5.04. The molecule has 0 saturated carbocycles. The van der Waals surface area contributed by atoms with Crippen LogP contribution in [-0.4, -0.2) is 9.99 Å². The molecule has 96 valence electrons. The molecule has 0 heterocycles. The highest BCUT2D eigenvalue weighted by molar-refractivity contribution is 14.1. The first-order chi connectivity index (χ1) is 7.87. The third-order valence-electron chi connectivity index (χ3n) is 2.24. The average Bonchev–Trinajstić information content (AvgIpc) is 2.14. The molecule has 1 aromatic carbocycles. The molecular weight excluding hydrogens is 347 g/mol. The fourth-order valence-corrected chi connectivity index (χ4v) is 1.97. The lowest BCUT2D eigenvalue weighted by atomic mass is 9.88. The van der Waals surface area contributed by atoms with Crippen molar-refractivity contribution in [3.63, 3.8) is 0 Å². The number of hydrogen-bond donors (Lipinski definition) is 0. The summed E-state index contributed by atoms with van der Waals surface area (Å²) in [7, 11) is 0. The van der Waals surface area contributed by atoms with Gasteiger partial charge in [-0.1, -0.05) is 55.5 Å². The molecule has 3 heteroatoms. The lowest BCUT2D eigenvalue weighted by molar-refractivity contribution is 0.316. The molecule has 0 aromatic heterocycles. The Balaban J connectivity index is 2.54. The second kappa shape index (κ2) is 6.83. The van der Waals surface area contributed by atoms with E-state index in [4.69, 9.17) is 16.3 Å². The van der Waals surface area contributed by atoms with Crippen LogP contribution in [0.4, 0.5) is 0 Å². The minimum absolute atomic E-state index is 0.144. The van der Waals surface area contributed by atoms with Crippen LogP contribution in [0.3, 0.4) is 0 Å². The molecule has 0 N–H and O–H groups in total. The summed E-state index contributed by atoms with van der Waals surface area (Å²) >= 11 is 8.06. The summed E-state index contributed by atoms with van der Waals surface area (Å²) < 4.78 is 5.83. The smallest absolute Gasteiger partial charge is 0.119 e. The van der Waals surface area contributed by atoms with Gasteiger partial charge in [0.15, 0.2) is 0 Å². The van der Waals surface area contributed by atoms with Crippen LogP contribution in [0.2, 0.25) is 0 Å². The second-order valence-corrected chi connectivity index (χ2v) is 8.18. The molecule has 0 fully saturated rings. The molecule has 0 bridgehead atoms. The van der Waals surface area contributed by atoms with Gasteiger partial charge in [-0.15, -0.1) is 11.6 Å². The summed E-state index contributed by atoms with van der Waals surface area (Å²) in [6, 6.07) is 8.34. The van der Waals surface area contributed by atoms with E-state index < -0.39 is 0 Å². The van der Waals surface area contributed by atoms with Gasteiger partial charge < -0.3 is 4.74 Å². The number of ether oxygens (including phenoxy) is 1. The van der Waals surface area contributed by atoms with Crippen molar-refractivity contribution in [3.8, 4) is 5.75 Å². The van der Waals surface area contributed by atoms with E-state index in [1.165, 1.54) is 5.56 Å².